The molecule has 0 aliphatic rings. The van der Waals surface area contributed by atoms with Crippen LogP contribution in [0.4, 0.5) is 0 Å². The van der Waals surface area contributed by atoms with Gasteiger partial charge in [-0.3, -0.25) is 4.79 Å². The van der Waals surface area contributed by atoms with Crippen LogP contribution in [0.3, 0.4) is 0 Å². The average Bonchev–Trinajstić information content (AvgIpc) is 2.40. The molecule has 0 fully saturated rings. The molecular weight excluding hydrogens is 240 g/mol. The van der Waals surface area contributed by atoms with Crippen molar-refractivity contribution >= 4 is 0 Å². The van der Waals surface area contributed by atoms with Crippen molar-refractivity contribution in [1.29, 1.82) is 0 Å². The maximum atomic E-state index is 11.7. The van der Waals surface area contributed by atoms with E-state index in [9.17, 15) is 4.79 Å². The summed E-state index contributed by atoms with van der Waals surface area (Å²) in [5.74, 6) is 1.46. The predicted octanol–water partition coefficient (Wildman–Crippen LogP) is 2.62. The topological polar surface area (TPSA) is 55.0 Å². The molecule has 0 aliphatic carbocycles. The molecule has 4 heteroatoms. The first-order valence-electron chi connectivity index (χ1n) is 6.31. The zero-order chi connectivity index (χ0) is 14.0. The van der Waals surface area contributed by atoms with Gasteiger partial charge in [0.25, 0.3) is 5.56 Å². The molecule has 1 heterocycles. The molecule has 100 valence electrons. The minimum atomic E-state index is -0.137. The number of H-pyrrole nitrogens is 1. The van der Waals surface area contributed by atoms with E-state index in [1.54, 1.807) is 7.11 Å². The zero-order valence-corrected chi connectivity index (χ0v) is 11.7. The fourth-order valence-electron chi connectivity index (χ4n) is 2.07. The maximum absolute atomic E-state index is 11.7. The van der Waals surface area contributed by atoms with Crippen molar-refractivity contribution in [1.82, 2.24) is 9.97 Å². The van der Waals surface area contributed by atoms with Crippen molar-refractivity contribution in [3.05, 3.63) is 45.5 Å². The molecule has 1 aromatic heterocycles. The van der Waals surface area contributed by atoms with Crippen molar-refractivity contribution in [2.45, 2.75) is 27.2 Å². The van der Waals surface area contributed by atoms with Gasteiger partial charge in [0.05, 0.1) is 12.8 Å². The summed E-state index contributed by atoms with van der Waals surface area (Å²) in [7, 11) is 1.64. The van der Waals surface area contributed by atoms with Crippen LogP contribution < -0.4 is 10.3 Å². The molecule has 0 spiro atoms. The van der Waals surface area contributed by atoms with Gasteiger partial charge in [0.2, 0.25) is 0 Å². The van der Waals surface area contributed by atoms with Crippen LogP contribution in [0.2, 0.25) is 0 Å². The third-order valence-electron chi connectivity index (χ3n) is 3.28. The summed E-state index contributed by atoms with van der Waals surface area (Å²) >= 11 is 0. The van der Waals surface area contributed by atoms with Crippen LogP contribution in [0.5, 0.6) is 5.75 Å². The van der Waals surface area contributed by atoms with Crippen molar-refractivity contribution in [3.63, 3.8) is 0 Å². The van der Waals surface area contributed by atoms with Crippen molar-refractivity contribution in [2.75, 3.05) is 7.11 Å². The number of benzene rings is 1. The Bertz CT molecular complexity index is 660. The SMILES string of the molecule is CCc1nc(-c2ccc(C)c(C)c2OC)cc(=O)[nH]1. The first-order chi connectivity index (χ1) is 9.06. The lowest BCUT2D eigenvalue weighted by molar-refractivity contribution is 0.413. The molecule has 0 bridgehead atoms. The fourth-order valence-corrected chi connectivity index (χ4v) is 2.07. The van der Waals surface area contributed by atoms with Crippen LogP contribution in [0.1, 0.15) is 23.9 Å². The summed E-state index contributed by atoms with van der Waals surface area (Å²) < 4.78 is 5.47. The molecular formula is C15H18N2O2. The van der Waals surface area contributed by atoms with Crippen LogP contribution in [0, 0.1) is 13.8 Å². The average molecular weight is 258 g/mol. The van der Waals surface area contributed by atoms with E-state index in [0.717, 1.165) is 22.4 Å². The molecule has 1 N–H and O–H groups in total. The molecule has 0 saturated heterocycles. The fraction of sp³-hybridized carbons (Fsp3) is 0.333. The number of nitrogens with zero attached hydrogens (tertiary/aromatic N) is 1. The Morgan fingerprint density at radius 3 is 2.68 bits per heavy atom. The number of hydrogen-bond acceptors (Lipinski definition) is 3. The van der Waals surface area contributed by atoms with E-state index < -0.39 is 0 Å². The van der Waals surface area contributed by atoms with Crippen LogP contribution >= 0.6 is 0 Å². The van der Waals surface area contributed by atoms with Gasteiger partial charge in [0, 0.05) is 18.1 Å². The van der Waals surface area contributed by atoms with Crippen LogP contribution in [-0.2, 0) is 6.42 Å². The molecule has 0 saturated carbocycles. The first kappa shape index (κ1) is 13.3. The van der Waals surface area contributed by atoms with E-state index in [1.807, 2.05) is 32.9 Å². The molecule has 0 atom stereocenters. The van der Waals surface area contributed by atoms with Crippen molar-refractivity contribution in [2.24, 2.45) is 0 Å². The largest absolute Gasteiger partial charge is 0.496 e. The number of methoxy groups -OCH3 is 1. The summed E-state index contributed by atoms with van der Waals surface area (Å²) in [6.07, 6.45) is 0.691. The zero-order valence-electron chi connectivity index (χ0n) is 11.7. The molecule has 0 amide bonds. The Morgan fingerprint density at radius 2 is 2.05 bits per heavy atom. The Morgan fingerprint density at radius 1 is 1.32 bits per heavy atom. The van der Waals surface area contributed by atoms with Crippen LogP contribution in [-0.4, -0.2) is 17.1 Å². The van der Waals surface area contributed by atoms with E-state index in [1.165, 1.54) is 6.07 Å². The summed E-state index contributed by atoms with van der Waals surface area (Å²) in [4.78, 5) is 18.8. The Kier molecular flexibility index (Phi) is 3.69. The van der Waals surface area contributed by atoms with Gasteiger partial charge in [0.1, 0.15) is 11.6 Å². The predicted molar refractivity (Wildman–Crippen MR) is 75.7 cm³/mol. The summed E-state index contributed by atoms with van der Waals surface area (Å²) in [5, 5.41) is 0. The molecule has 2 rings (SSSR count). The first-order valence-corrected chi connectivity index (χ1v) is 6.31. The Balaban J connectivity index is 2.68. The minimum absolute atomic E-state index is 0.137. The van der Waals surface area contributed by atoms with E-state index in [-0.39, 0.29) is 5.56 Å². The molecule has 1 aromatic carbocycles. The standard InChI is InChI=1S/C15H18N2O2/c1-5-13-16-12(8-14(18)17-13)11-7-6-9(2)10(3)15(11)19-4/h6-8H,5H2,1-4H3,(H,16,17,18). The number of aryl methyl sites for hydroxylation is 2. The van der Waals surface area contributed by atoms with Gasteiger partial charge in [0.15, 0.2) is 0 Å². The van der Waals surface area contributed by atoms with Crippen LogP contribution in [0.15, 0.2) is 23.0 Å². The minimum Gasteiger partial charge on any atom is -0.496 e. The summed E-state index contributed by atoms with van der Waals surface area (Å²) in [6, 6.07) is 5.47. The number of hydrogen-bond donors (Lipinski definition) is 1. The summed E-state index contributed by atoms with van der Waals surface area (Å²) in [6.45, 7) is 6.00. The maximum Gasteiger partial charge on any atom is 0.251 e. The van der Waals surface area contributed by atoms with Gasteiger partial charge in [-0.25, -0.2) is 4.98 Å². The highest BCUT2D eigenvalue weighted by Crippen LogP contribution is 2.32. The molecule has 19 heavy (non-hydrogen) atoms. The Labute approximate surface area is 112 Å². The quantitative estimate of drug-likeness (QED) is 0.920. The third kappa shape index (κ3) is 2.52. The highest BCUT2D eigenvalue weighted by atomic mass is 16.5. The van der Waals surface area contributed by atoms with Crippen molar-refractivity contribution in [3.8, 4) is 17.0 Å². The molecule has 2 aromatic rings. The van der Waals surface area contributed by atoms with Crippen molar-refractivity contribution < 1.29 is 4.74 Å². The smallest absolute Gasteiger partial charge is 0.251 e. The lowest BCUT2D eigenvalue weighted by Gasteiger charge is -2.13. The molecule has 0 radical (unpaired) electrons. The van der Waals surface area contributed by atoms with Gasteiger partial charge < -0.3 is 9.72 Å². The van der Waals surface area contributed by atoms with Gasteiger partial charge in [-0.2, -0.15) is 0 Å². The second-order valence-corrected chi connectivity index (χ2v) is 4.52. The Hall–Kier alpha value is -2.10. The van der Waals surface area contributed by atoms with E-state index in [0.29, 0.717) is 17.9 Å². The van der Waals surface area contributed by atoms with E-state index >= 15 is 0 Å². The van der Waals surface area contributed by atoms with Gasteiger partial charge >= 0.3 is 0 Å². The molecule has 4 nitrogen and oxygen atoms in total. The number of aromatic amines is 1. The number of ether oxygens (including phenoxy) is 1. The normalized spacial score (nSPS) is 10.5. The van der Waals surface area contributed by atoms with Gasteiger partial charge in [-0.15, -0.1) is 0 Å². The lowest BCUT2D eigenvalue weighted by Crippen LogP contribution is -2.11. The highest BCUT2D eigenvalue weighted by molar-refractivity contribution is 5.70. The van der Waals surface area contributed by atoms with Crippen LogP contribution in [0.25, 0.3) is 11.3 Å². The summed E-state index contributed by atoms with van der Waals surface area (Å²) in [5.41, 5.74) is 3.59. The second kappa shape index (κ2) is 5.26. The van der Waals surface area contributed by atoms with Gasteiger partial charge in [-0.1, -0.05) is 13.0 Å². The lowest BCUT2D eigenvalue weighted by atomic mass is 10.0. The van der Waals surface area contributed by atoms with E-state index in [2.05, 4.69) is 9.97 Å². The molecule has 0 unspecified atom stereocenters. The number of aromatic nitrogens is 2. The highest BCUT2D eigenvalue weighted by Gasteiger charge is 2.12. The monoisotopic (exact) mass is 258 g/mol. The number of nitrogens with one attached hydrogen (secondary N) is 1. The molecule has 0 aliphatic heterocycles. The second-order valence-electron chi connectivity index (χ2n) is 4.52. The number of rotatable bonds is 3. The third-order valence-corrected chi connectivity index (χ3v) is 3.28. The van der Waals surface area contributed by atoms with Gasteiger partial charge in [-0.05, 0) is 31.0 Å². The van der Waals surface area contributed by atoms with E-state index in [4.69, 9.17) is 4.74 Å².